The normalized spacial score (nSPS) is 14.7. The van der Waals surface area contributed by atoms with Crippen molar-refractivity contribution in [3.8, 4) is 44.9 Å². The molecule has 1 aliphatic rings. The number of hydrogen-bond donors (Lipinski definition) is 0. The zero-order valence-corrected chi connectivity index (χ0v) is 44.3. The summed E-state index contributed by atoms with van der Waals surface area (Å²) in [5, 5.41) is 0. The van der Waals surface area contributed by atoms with E-state index in [1.54, 1.807) is 6.20 Å². The largest absolute Gasteiger partial charge is 3.00 e. The number of hydrogen-bond acceptors (Lipinski definition) is 3. The zero-order chi connectivity index (χ0) is 51.6. The Morgan fingerprint density at radius 3 is 1.63 bits per heavy atom. The molecule has 0 saturated heterocycles. The van der Waals surface area contributed by atoms with E-state index in [2.05, 4.69) is 109 Å². The number of rotatable bonds is 15. The fraction of sp³-hybridized carbons (Fsp3) is 0.318. The Morgan fingerprint density at radius 2 is 1.10 bits per heavy atom. The van der Waals surface area contributed by atoms with Gasteiger partial charge in [-0.3, -0.25) is 0 Å². The molecule has 8 aromatic rings. The standard InChI is InChI=1S/C66H68N3.Ir/c1-64(2,3)41-47-26-29-54(30-27-47)63-40-60(56-25-17-24-55(39-56)51-18-11-8-12-19-51)57(44-67-63)31-28-48-36-49(42-65(4,5)58-32-34-61(68-45-58)52-20-13-9-14-21-52)38-50(37-48)43-66(6,7)59-33-35-62(69-46-59)53-22-15-10-16-23-53;/h9-10,13-17,20,22,24-27,29,32-40,44-46,51H,8,11-12,18-19,28,31,41-43H2,1-7H3;/q-3;+3/i28D2,31D2;. The SMILES string of the molecule is [2H]C([2H])(c1cc(CC(C)(C)c2ccc(-c3[c-]cccc3)nc2)cc(CC(C)(C)c2ccc(-c3[c-]cccc3)nc2)c1)C([2H])([2H])c1cnc(-c2[c-]cc(CC(C)(C)C)cc2)cc1-c1cccc(C2CCCCC2)c1.[Ir+3]. The third-order valence-electron chi connectivity index (χ3n) is 13.8. The molecule has 4 heteroatoms. The average Bonchev–Trinajstić information content (AvgIpc) is 3.39. The van der Waals surface area contributed by atoms with E-state index in [4.69, 9.17) is 15.0 Å². The van der Waals surface area contributed by atoms with E-state index in [-0.39, 0.29) is 36.6 Å². The van der Waals surface area contributed by atoms with Crippen molar-refractivity contribution in [1.29, 1.82) is 0 Å². The zero-order valence-electron chi connectivity index (χ0n) is 45.9. The maximum Gasteiger partial charge on any atom is 3.00 e. The van der Waals surface area contributed by atoms with E-state index in [1.807, 2.05) is 109 Å². The number of aryl methyl sites for hydroxylation is 2. The van der Waals surface area contributed by atoms with Crippen LogP contribution in [0.15, 0.2) is 158 Å². The third-order valence-corrected chi connectivity index (χ3v) is 13.8. The molecule has 0 unspecified atom stereocenters. The molecular weight excluding hydrogens is 1030 g/mol. The Labute approximate surface area is 438 Å². The molecule has 0 amide bonds. The minimum Gasteiger partial charge on any atom is -0.304 e. The van der Waals surface area contributed by atoms with Gasteiger partial charge in [0.15, 0.2) is 0 Å². The van der Waals surface area contributed by atoms with Crippen LogP contribution >= 0.6 is 0 Å². The molecule has 0 spiro atoms. The first-order chi connectivity index (χ1) is 34.8. The molecule has 3 nitrogen and oxygen atoms in total. The number of aromatic nitrogens is 3. The van der Waals surface area contributed by atoms with E-state index < -0.39 is 23.6 Å². The van der Waals surface area contributed by atoms with Crippen molar-refractivity contribution in [1.82, 2.24) is 15.0 Å². The summed E-state index contributed by atoms with van der Waals surface area (Å²) < 4.78 is 40.4. The van der Waals surface area contributed by atoms with Crippen molar-refractivity contribution in [2.75, 3.05) is 0 Å². The molecule has 1 aliphatic carbocycles. The molecule has 5 aromatic carbocycles. The monoisotopic (exact) mass is 1100 g/mol. The van der Waals surface area contributed by atoms with Gasteiger partial charge in [0.25, 0.3) is 0 Å². The number of benzene rings is 5. The van der Waals surface area contributed by atoms with E-state index in [0.29, 0.717) is 30.0 Å². The van der Waals surface area contributed by atoms with Crippen LogP contribution in [-0.2, 0) is 62.9 Å². The van der Waals surface area contributed by atoms with Crippen molar-refractivity contribution in [3.05, 3.63) is 221 Å². The van der Waals surface area contributed by atoms with Crippen molar-refractivity contribution in [2.45, 2.75) is 129 Å². The first-order valence-electron chi connectivity index (χ1n) is 26.9. The van der Waals surface area contributed by atoms with Gasteiger partial charge in [-0.05, 0) is 128 Å². The van der Waals surface area contributed by atoms with Crippen LogP contribution in [0.25, 0.3) is 44.9 Å². The molecule has 1 fully saturated rings. The quantitative estimate of drug-likeness (QED) is 0.0961. The summed E-state index contributed by atoms with van der Waals surface area (Å²) in [4.78, 5) is 14.6. The maximum absolute atomic E-state index is 10.1. The average molecular weight is 1100 g/mol. The summed E-state index contributed by atoms with van der Waals surface area (Å²) in [6.45, 7) is 15.4. The molecule has 70 heavy (non-hydrogen) atoms. The molecule has 3 heterocycles. The van der Waals surface area contributed by atoms with Crippen LogP contribution < -0.4 is 0 Å². The Bertz CT molecular complexity index is 3020. The van der Waals surface area contributed by atoms with Gasteiger partial charge >= 0.3 is 20.1 Å². The Morgan fingerprint density at radius 1 is 0.514 bits per heavy atom. The summed E-state index contributed by atoms with van der Waals surface area (Å²) in [7, 11) is 0. The van der Waals surface area contributed by atoms with Gasteiger partial charge < -0.3 is 15.0 Å². The van der Waals surface area contributed by atoms with Crippen LogP contribution in [0.2, 0.25) is 0 Å². The molecule has 0 aliphatic heterocycles. The summed E-state index contributed by atoms with van der Waals surface area (Å²) in [5.41, 5.74) is 12.7. The minimum absolute atomic E-state index is 0. The van der Waals surface area contributed by atoms with Crippen LogP contribution in [0.1, 0.15) is 136 Å². The molecule has 356 valence electrons. The molecule has 3 aromatic heterocycles. The van der Waals surface area contributed by atoms with Crippen molar-refractivity contribution in [2.24, 2.45) is 5.41 Å². The van der Waals surface area contributed by atoms with Gasteiger partial charge in [-0.15, -0.1) is 107 Å². The van der Waals surface area contributed by atoms with Gasteiger partial charge in [-0.25, -0.2) is 0 Å². The van der Waals surface area contributed by atoms with Crippen LogP contribution in [0.3, 0.4) is 0 Å². The summed E-state index contributed by atoms with van der Waals surface area (Å²) in [5.74, 6) is 0.437. The molecule has 0 radical (unpaired) electrons. The first-order valence-corrected chi connectivity index (χ1v) is 24.9. The second kappa shape index (κ2) is 22.1. The predicted molar refractivity (Wildman–Crippen MR) is 287 cm³/mol. The second-order valence-corrected chi connectivity index (χ2v) is 21.7. The topological polar surface area (TPSA) is 38.7 Å². The molecule has 0 N–H and O–H groups in total. The van der Waals surface area contributed by atoms with E-state index in [9.17, 15) is 5.48 Å². The van der Waals surface area contributed by atoms with Gasteiger partial charge in [-0.2, -0.15) is 0 Å². The second-order valence-electron chi connectivity index (χ2n) is 21.7. The Balaban J connectivity index is 0.00000729. The minimum atomic E-state index is -2.53. The number of nitrogens with zero attached hydrogens (tertiary/aromatic N) is 3. The molecule has 0 bridgehead atoms. The number of pyridine rings is 3. The van der Waals surface area contributed by atoms with Crippen LogP contribution in [-0.4, -0.2) is 15.0 Å². The van der Waals surface area contributed by atoms with Gasteiger partial charge in [-0.1, -0.05) is 147 Å². The van der Waals surface area contributed by atoms with Gasteiger partial charge in [0.2, 0.25) is 0 Å². The van der Waals surface area contributed by atoms with Gasteiger partial charge in [0, 0.05) is 24.1 Å². The van der Waals surface area contributed by atoms with Crippen molar-refractivity contribution in [3.63, 3.8) is 0 Å². The fourth-order valence-corrected chi connectivity index (χ4v) is 10.1. The molecular formula is C66H68IrN3. The third kappa shape index (κ3) is 12.7. The van der Waals surface area contributed by atoms with Gasteiger partial charge in [0.05, 0.1) is 0 Å². The smallest absolute Gasteiger partial charge is 0.304 e. The Kier molecular flexibility index (Phi) is 14.3. The molecule has 9 rings (SSSR count). The van der Waals surface area contributed by atoms with E-state index >= 15 is 0 Å². The van der Waals surface area contributed by atoms with Crippen molar-refractivity contribution >= 4 is 0 Å². The van der Waals surface area contributed by atoms with Crippen molar-refractivity contribution < 1.29 is 25.6 Å². The molecule has 1 saturated carbocycles. The maximum atomic E-state index is 10.1. The summed E-state index contributed by atoms with van der Waals surface area (Å²) in [6, 6.07) is 56.7. The summed E-state index contributed by atoms with van der Waals surface area (Å²) >= 11 is 0. The van der Waals surface area contributed by atoms with Crippen LogP contribution in [0.4, 0.5) is 0 Å². The molecule has 0 atom stereocenters. The first kappa shape index (κ1) is 45.3. The van der Waals surface area contributed by atoms with E-state index in [1.165, 1.54) is 30.4 Å². The fourth-order valence-electron chi connectivity index (χ4n) is 10.1. The Hall–Kier alpha value is -5.80. The summed E-state index contributed by atoms with van der Waals surface area (Å²) in [6.07, 6.45) is 8.38. The van der Waals surface area contributed by atoms with Gasteiger partial charge in [0.1, 0.15) is 0 Å². The van der Waals surface area contributed by atoms with Crippen LogP contribution in [0.5, 0.6) is 0 Å². The van der Waals surface area contributed by atoms with E-state index in [0.717, 1.165) is 75.2 Å². The predicted octanol–water partition coefficient (Wildman–Crippen LogP) is 16.4. The van der Waals surface area contributed by atoms with Crippen LogP contribution in [0, 0.1) is 23.6 Å².